The van der Waals surface area contributed by atoms with Crippen LogP contribution in [0.15, 0.2) is 12.1 Å². The number of carbonyl (C=O) groups is 3. The number of hydrogen-bond acceptors (Lipinski definition) is 3. The summed E-state index contributed by atoms with van der Waals surface area (Å²) in [5, 5.41) is 11.9. The molecule has 0 heterocycles. The monoisotopic (exact) mass is 331 g/mol. The highest BCUT2D eigenvalue weighted by Crippen LogP contribution is 2.26. The van der Waals surface area contributed by atoms with Crippen molar-refractivity contribution in [1.82, 2.24) is 5.32 Å². The summed E-state index contributed by atoms with van der Waals surface area (Å²) in [5.41, 5.74) is -0.699. The van der Waals surface area contributed by atoms with Gasteiger partial charge in [0.05, 0.1) is 0 Å². The molecule has 7 heteroatoms. The first kappa shape index (κ1) is 17.5. The fourth-order valence-electron chi connectivity index (χ4n) is 1.64. The Morgan fingerprint density at radius 3 is 2.10 bits per heavy atom. The Hall–Kier alpha value is -1.59. The molecule has 0 radical (unpaired) electrons. The van der Waals surface area contributed by atoms with Crippen LogP contribution in [0.25, 0.3) is 0 Å². The molecule has 0 fully saturated rings. The molecule has 1 atom stereocenters. The minimum absolute atomic E-state index is 0.136. The van der Waals surface area contributed by atoms with E-state index >= 15 is 0 Å². The molecular weight excluding hydrogens is 317 g/mol. The number of carbonyl (C=O) groups excluding carboxylic acids is 2. The molecule has 2 N–H and O–H groups in total. The van der Waals surface area contributed by atoms with Crippen molar-refractivity contribution in [3.63, 3.8) is 0 Å². The normalized spacial score (nSPS) is 13.4. The molecule has 5 nitrogen and oxygen atoms in total. The summed E-state index contributed by atoms with van der Waals surface area (Å²) >= 11 is 11.9. The summed E-state index contributed by atoms with van der Waals surface area (Å²) in [5.74, 6) is -3.29. The van der Waals surface area contributed by atoms with Gasteiger partial charge in [-0.2, -0.15) is 0 Å². The van der Waals surface area contributed by atoms with E-state index in [4.69, 9.17) is 28.3 Å². The summed E-state index contributed by atoms with van der Waals surface area (Å²) in [6.45, 7) is 4.67. The molecule has 1 amide bonds. The fraction of sp³-hybridized carbons (Fsp3) is 0.357. The Balaban J connectivity index is 3.10. The minimum atomic E-state index is -1.60. The molecule has 1 unspecified atom stereocenters. The summed E-state index contributed by atoms with van der Waals surface area (Å²) in [6.07, 6.45) is 0.136. The summed E-state index contributed by atoms with van der Waals surface area (Å²) in [4.78, 5) is 34.7. The number of ketones is 1. The Kier molecular flexibility index (Phi) is 5.36. The van der Waals surface area contributed by atoms with E-state index < -0.39 is 23.2 Å². The molecule has 0 bridgehead atoms. The quantitative estimate of drug-likeness (QED) is 0.812. The summed E-state index contributed by atoms with van der Waals surface area (Å²) in [6, 6.07) is 2.83. The molecule has 0 saturated heterocycles. The van der Waals surface area contributed by atoms with Crippen molar-refractivity contribution in [2.24, 2.45) is 0 Å². The molecule has 0 saturated carbocycles. The number of amides is 1. The third kappa shape index (κ3) is 3.74. The van der Waals surface area contributed by atoms with Crippen LogP contribution in [-0.2, 0) is 9.59 Å². The van der Waals surface area contributed by atoms with Crippen molar-refractivity contribution < 1.29 is 19.5 Å². The molecule has 1 aromatic carbocycles. The van der Waals surface area contributed by atoms with Gasteiger partial charge in [-0.1, -0.05) is 30.1 Å². The van der Waals surface area contributed by atoms with E-state index in [9.17, 15) is 14.4 Å². The lowest BCUT2D eigenvalue weighted by Gasteiger charge is -2.26. The fourth-order valence-corrected chi connectivity index (χ4v) is 2.13. The largest absolute Gasteiger partial charge is 0.475 e. The summed E-state index contributed by atoms with van der Waals surface area (Å²) < 4.78 is 0. The van der Waals surface area contributed by atoms with E-state index in [1.54, 1.807) is 13.8 Å². The third-order valence-corrected chi connectivity index (χ3v) is 4.12. The lowest BCUT2D eigenvalue weighted by Crippen LogP contribution is -2.54. The van der Waals surface area contributed by atoms with Crippen molar-refractivity contribution in [1.29, 1.82) is 0 Å². The van der Waals surface area contributed by atoms with Crippen LogP contribution in [0.3, 0.4) is 0 Å². The number of benzene rings is 1. The Morgan fingerprint density at radius 1 is 1.24 bits per heavy atom. The smallest absolute Gasteiger partial charge is 0.374 e. The summed E-state index contributed by atoms with van der Waals surface area (Å²) in [7, 11) is 0. The van der Waals surface area contributed by atoms with Gasteiger partial charge in [-0.3, -0.25) is 9.59 Å². The third-order valence-electron chi connectivity index (χ3n) is 3.34. The van der Waals surface area contributed by atoms with Crippen molar-refractivity contribution in [2.75, 3.05) is 0 Å². The van der Waals surface area contributed by atoms with Gasteiger partial charge in [0.1, 0.15) is 5.54 Å². The lowest BCUT2D eigenvalue weighted by atomic mass is 9.92. The van der Waals surface area contributed by atoms with E-state index in [0.717, 1.165) is 0 Å². The van der Waals surface area contributed by atoms with Crippen molar-refractivity contribution >= 4 is 40.9 Å². The van der Waals surface area contributed by atoms with Gasteiger partial charge < -0.3 is 10.4 Å². The van der Waals surface area contributed by atoms with Crippen molar-refractivity contribution in [2.45, 2.75) is 32.7 Å². The lowest BCUT2D eigenvalue weighted by molar-refractivity contribution is -0.151. The van der Waals surface area contributed by atoms with E-state index in [1.165, 1.54) is 19.1 Å². The van der Waals surface area contributed by atoms with E-state index in [0.29, 0.717) is 15.6 Å². The van der Waals surface area contributed by atoms with Crippen LogP contribution in [0.5, 0.6) is 0 Å². The number of rotatable bonds is 5. The maximum absolute atomic E-state index is 12.2. The van der Waals surface area contributed by atoms with Crippen LogP contribution in [0.4, 0.5) is 0 Å². The van der Waals surface area contributed by atoms with Gasteiger partial charge in [0.2, 0.25) is 0 Å². The molecule has 1 rings (SSSR count). The van der Waals surface area contributed by atoms with E-state index in [2.05, 4.69) is 5.32 Å². The van der Waals surface area contributed by atoms with Gasteiger partial charge >= 0.3 is 5.97 Å². The number of carboxylic acids is 1. The highest BCUT2D eigenvalue weighted by Gasteiger charge is 2.37. The van der Waals surface area contributed by atoms with E-state index in [1.807, 2.05) is 0 Å². The van der Waals surface area contributed by atoms with Gasteiger partial charge in [-0.05, 0) is 38.0 Å². The van der Waals surface area contributed by atoms with Gasteiger partial charge in [0.25, 0.3) is 11.7 Å². The van der Waals surface area contributed by atoms with Crippen LogP contribution in [0, 0.1) is 6.92 Å². The molecule has 1 aromatic rings. The zero-order valence-electron chi connectivity index (χ0n) is 11.8. The first-order valence-corrected chi connectivity index (χ1v) is 6.94. The minimum Gasteiger partial charge on any atom is -0.475 e. The number of aliphatic carboxylic acids is 1. The highest BCUT2D eigenvalue weighted by atomic mass is 35.5. The Morgan fingerprint density at radius 2 is 1.71 bits per heavy atom. The molecular formula is C14H15Cl2NO4. The van der Waals surface area contributed by atoms with Crippen LogP contribution in [0.2, 0.25) is 10.0 Å². The van der Waals surface area contributed by atoms with Crippen LogP contribution in [-0.4, -0.2) is 28.3 Å². The first-order valence-electron chi connectivity index (χ1n) is 6.18. The average Bonchev–Trinajstić information content (AvgIpc) is 2.42. The van der Waals surface area contributed by atoms with Crippen molar-refractivity contribution in [3.05, 3.63) is 33.3 Å². The van der Waals surface area contributed by atoms with Gasteiger partial charge in [-0.25, -0.2) is 4.79 Å². The Bertz CT molecular complexity index is 592. The molecule has 0 aliphatic heterocycles. The standard InChI is InChI=1S/C14H15Cl2NO4/c1-4-14(3,11(18)13(20)21)17-12(19)8-5-9(15)7(2)10(16)6-8/h5-6H,4H2,1-3H3,(H,17,19)(H,20,21). The number of hydrogen-bond donors (Lipinski definition) is 2. The number of halogens is 2. The van der Waals surface area contributed by atoms with Crippen LogP contribution < -0.4 is 5.32 Å². The number of carboxylic acid groups (broad SMARTS) is 1. The zero-order chi connectivity index (χ0) is 16.4. The maximum Gasteiger partial charge on any atom is 0.374 e. The number of nitrogens with one attached hydrogen (secondary N) is 1. The predicted octanol–water partition coefficient (Wildman–Crippen LogP) is 2.85. The molecule has 0 aromatic heterocycles. The highest BCUT2D eigenvalue weighted by molar-refractivity contribution is 6.37. The number of Topliss-reactive ketones (excluding diaryl/α,β-unsaturated/α-hetero) is 1. The topological polar surface area (TPSA) is 83.5 Å². The molecule has 0 aliphatic carbocycles. The van der Waals surface area contributed by atoms with Crippen LogP contribution >= 0.6 is 23.2 Å². The van der Waals surface area contributed by atoms with E-state index in [-0.39, 0.29) is 12.0 Å². The molecule has 114 valence electrons. The molecule has 21 heavy (non-hydrogen) atoms. The molecule has 0 spiro atoms. The second kappa shape index (κ2) is 6.45. The van der Waals surface area contributed by atoms with Crippen LogP contribution in [0.1, 0.15) is 36.2 Å². The molecule has 0 aliphatic rings. The van der Waals surface area contributed by atoms with Gasteiger partial charge in [-0.15, -0.1) is 0 Å². The van der Waals surface area contributed by atoms with Gasteiger partial charge in [0.15, 0.2) is 0 Å². The first-order chi connectivity index (χ1) is 9.62. The van der Waals surface area contributed by atoms with Crippen molar-refractivity contribution in [3.8, 4) is 0 Å². The second-order valence-electron chi connectivity index (χ2n) is 4.84. The predicted molar refractivity (Wildman–Crippen MR) is 80.0 cm³/mol. The Labute approximate surface area is 132 Å². The van der Waals surface area contributed by atoms with Gasteiger partial charge in [0, 0.05) is 15.6 Å². The zero-order valence-corrected chi connectivity index (χ0v) is 13.3. The second-order valence-corrected chi connectivity index (χ2v) is 5.65. The average molecular weight is 332 g/mol. The maximum atomic E-state index is 12.2. The SMILES string of the molecule is CCC(C)(NC(=O)c1cc(Cl)c(C)c(Cl)c1)C(=O)C(=O)O.